The topological polar surface area (TPSA) is 88.3 Å². The monoisotopic (exact) mass is 376 g/mol. The highest BCUT2D eigenvalue weighted by Crippen LogP contribution is 2.21. The molecule has 0 radical (unpaired) electrons. The highest BCUT2D eigenvalue weighted by Gasteiger charge is 2.20. The van der Waals surface area contributed by atoms with Crippen molar-refractivity contribution in [2.45, 2.75) is 13.5 Å². The van der Waals surface area contributed by atoms with Crippen molar-refractivity contribution in [1.82, 2.24) is 9.88 Å². The Morgan fingerprint density at radius 3 is 2.76 bits per heavy atom. The molecule has 0 unspecified atom stereocenters. The zero-order valence-corrected chi connectivity index (χ0v) is 15.6. The van der Waals surface area contributed by atoms with E-state index in [1.54, 1.807) is 11.4 Å². The summed E-state index contributed by atoms with van der Waals surface area (Å²) in [5, 5.41) is 5.26. The van der Waals surface area contributed by atoms with Gasteiger partial charge in [0.2, 0.25) is 0 Å². The molecule has 2 amide bonds. The van der Waals surface area contributed by atoms with Gasteiger partial charge in [-0.05, 0) is 24.6 Å². The number of carbonyl (C=O) groups is 2. The Labute approximate surface area is 154 Å². The number of rotatable bonds is 4. The number of thiazole rings is 1. The summed E-state index contributed by atoms with van der Waals surface area (Å²) < 4.78 is 0. The molecule has 0 bridgehead atoms. The SMILES string of the molecule is Cc1ccc(C(=O)N2CCSCC2)cc1NC(=O)c1csc(CN)n1. The maximum Gasteiger partial charge on any atom is 0.275 e. The van der Waals surface area contributed by atoms with Crippen LogP contribution in [0, 0.1) is 6.92 Å². The Bertz CT molecular complexity index is 785. The summed E-state index contributed by atoms with van der Waals surface area (Å²) in [6, 6.07) is 5.41. The zero-order valence-electron chi connectivity index (χ0n) is 13.9. The molecule has 132 valence electrons. The smallest absolute Gasteiger partial charge is 0.275 e. The van der Waals surface area contributed by atoms with Crippen molar-refractivity contribution >= 4 is 40.6 Å². The lowest BCUT2D eigenvalue weighted by Crippen LogP contribution is -2.37. The Morgan fingerprint density at radius 2 is 2.08 bits per heavy atom. The van der Waals surface area contributed by atoms with Gasteiger partial charge in [0.05, 0.1) is 0 Å². The van der Waals surface area contributed by atoms with Crippen LogP contribution in [0.2, 0.25) is 0 Å². The maximum absolute atomic E-state index is 12.6. The number of anilines is 1. The summed E-state index contributed by atoms with van der Waals surface area (Å²) in [6.45, 7) is 3.74. The third kappa shape index (κ3) is 4.20. The van der Waals surface area contributed by atoms with Gasteiger partial charge in [0.1, 0.15) is 10.7 Å². The van der Waals surface area contributed by atoms with Crippen LogP contribution in [0.1, 0.15) is 31.4 Å². The van der Waals surface area contributed by atoms with Crippen molar-refractivity contribution in [3.8, 4) is 0 Å². The van der Waals surface area contributed by atoms with Gasteiger partial charge in [-0.2, -0.15) is 11.8 Å². The fourth-order valence-corrected chi connectivity index (χ4v) is 4.09. The lowest BCUT2D eigenvalue weighted by atomic mass is 10.1. The van der Waals surface area contributed by atoms with Crippen molar-refractivity contribution in [2.75, 3.05) is 29.9 Å². The molecule has 3 N–H and O–H groups in total. The van der Waals surface area contributed by atoms with Crippen LogP contribution >= 0.6 is 23.1 Å². The quantitative estimate of drug-likeness (QED) is 0.855. The predicted molar refractivity (Wildman–Crippen MR) is 102 cm³/mol. The Kier molecular flexibility index (Phi) is 5.72. The first-order chi connectivity index (χ1) is 12.1. The summed E-state index contributed by atoms with van der Waals surface area (Å²) in [4.78, 5) is 31.1. The Morgan fingerprint density at radius 1 is 1.32 bits per heavy atom. The van der Waals surface area contributed by atoms with E-state index < -0.39 is 0 Å². The fraction of sp³-hybridized carbons (Fsp3) is 0.353. The van der Waals surface area contributed by atoms with E-state index in [0.717, 1.165) is 30.2 Å². The van der Waals surface area contributed by atoms with E-state index >= 15 is 0 Å². The second-order valence-electron chi connectivity index (χ2n) is 5.72. The summed E-state index contributed by atoms with van der Waals surface area (Å²) in [6.07, 6.45) is 0. The van der Waals surface area contributed by atoms with Crippen molar-refractivity contribution in [1.29, 1.82) is 0 Å². The summed E-state index contributed by atoms with van der Waals surface area (Å²) in [7, 11) is 0. The normalized spacial score (nSPS) is 14.4. The Balaban J connectivity index is 1.76. The molecule has 1 aliphatic heterocycles. The van der Waals surface area contributed by atoms with Gasteiger partial charge in [-0.15, -0.1) is 11.3 Å². The number of amides is 2. The zero-order chi connectivity index (χ0) is 17.8. The molecule has 1 saturated heterocycles. The maximum atomic E-state index is 12.6. The molecule has 0 saturated carbocycles. The molecule has 3 rings (SSSR count). The summed E-state index contributed by atoms with van der Waals surface area (Å²) in [5.74, 6) is 1.65. The molecule has 0 aliphatic carbocycles. The van der Waals surface area contributed by atoms with Gasteiger partial charge in [-0.1, -0.05) is 6.07 Å². The van der Waals surface area contributed by atoms with Crippen LogP contribution in [0.25, 0.3) is 0 Å². The Hall–Kier alpha value is -1.90. The largest absolute Gasteiger partial charge is 0.337 e. The second-order valence-corrected chi connectivity index (χ2v) is 7.89. The van der Waals surface area contributed by atoms with Crippen molar-refractivity contribution in [3.63, 3.8) is 0 Å². The van der Waals surface area contributed by atoms with E-state index in [4.69, 9.17) is 5.73 Å². The highest BCUT2D eigenvalue weighted by atomic mass is 32.2. The number of nitrogens with two attached hydrogens (primary N) is 1. The first-order valence-electron chi connectivity index (χ1n) is 8.02. The minimum Gasteiger partial charge on any atom is -0.337 e. The van der Waals surface area contributed by atoms with Gasteiger partial charge in [0.25, 0.3) is 11.8 Å². The number of hydrogen-bond acceptors (Lipinski definition) is 6. The van der Waals surface area contributed by atoms with Gasteiger partial charge in [-0.3, -0.25) is 9.59 Å². The number of nitrogens with zero attached hydrogens (tertiary/aromatic N) is 2. The fourth-order valence-electron chi connectivity index (χ4n) is 2.53. The molecule has 8 heteroatoms. The average molecular weight is 377 g/mol. The lowest BCUT2D eigenvalue weighted by molar-refractivity contribution is 0.0772. The van der Waals surface area contributed by atoms with E-state index in [1.165, 1.54) is 11.3 Å². The van der Waals surface area contributed by atoms with Crippen molar-refractivity contribution in [3.05, 3.63) is 45.4 Å². The van der Waals surface area contributed by atoms with Crippen LogP contribution in [0.4, 0.5) is 5.69 Å². The molecule has 1 aromatic carbocycles. The van der Waals surface area contributed by atoms with Crippen molar-refractivity contribution in [2.24, 2.45) is 5.73 Å². The predicted octanol–water partition coefficient (Wildman–Crippen LogP) is 2.35. The summed E-state index contributed by atoms with van der Waals surface area (Å²) >= 11 is 3.22. The van der Waals surface area contributed by atoms with E-state index in [-0.39, 0.29) is 11.8 Å². The molecule has 1 aromatic heterocycles. The standard InChI is InChI=1S/C17H20N4O2S2/c1-11-2-3-12(17(23)21-4-6-24-7-5-21)8-13(11)20-16(22)14-10-25-15(9-18)19-14/h2-3,8,10H,4-7,9,18H2,1H3,(H,20,22). The number of aryl methyl sites for hydroxylation is 1. The molecule has 2 aromatic rings. The molecule has 6 nitrogen and oxygen atoms in total. The number of carbonyl (C=O) groups excluding carboxylic acids is 2. The molecule has 1 fully saturated rings. The first kappa shape index (κ1) is 17.9. The first-order valence-corrected chi connectivity index (χ1v) is 10.1. The molecule has 0 atom stereocenters. The second kappa shape index (κ2) is 7.99. The highest BCUT2D eigenvalue weighted by molar-refractivity contribution is 7.99. The molecule has 0 spiro atoms. The number of nitrogens with one attached hydrogen (secondary N) is 1. The number of thioether (sulfide) groups is 1. The molecular weight excluding hydrogens is 356 g/mol. The number of benzene rings is 1. The molecule has 1 aliphatic rings. The summed E-state index contributed by atoms with van der Waals surface area (Å²) in [5.41, 5.74) is 8.00. The molecule has 25 heavy (non-hydrogen) atoms. The molecular formula is C17H20N4O2S2. The van der Waals surface area contributed by atoms with Gasteiger partial charge >= 0.3 is 0 Å². The van der Waals surface area contributed by atoms with Gasteiger partial charge < -0.3 is 16.0 Å². The van der Waals surface area contributed by atoms with Gasteiger partial charge in [0, 0.05) is 47.8 Å². The van der Waals surface area contributed by atoms with Crippen LogP contribution < -0.4 is 11.1 Å². The molecule has 2 heterocycles. The van der Waals surface area contributed by atoms with E-state index in [9.17, 15) is 9.59 Å². The van der Waals surface area contributed by atoms with Crippen molar-refractivity contribution < 1.29 is 9.59 Å². The average Bonchev–Trinajstić information content (AvgIpc) is 3.13. The third-order valence-electron chi connectivity index (χ3n) is 3.99. The van der Waals surface area contributed by atoms with Crippen LogP contribution in [0.3, 0.4) is 0 Å². The van der Waals surface area contributed by atoms with E-state index in [0.29, 0.717) is 28.5 Å². The lowest BCUT2D eigenvalue weighted by Gasteiger charge is -2.26. The minimum atomic E-state index is -0.293. The minimum absolute atomic E-state index is 0.00914. The van der Waals surface area contributed by atoms with Gasteiger partial charge in [0.15, 0.2) is 0 Å². The van der Waals surface area contributed by atoms with E-state index in [1.807, 2.05) is 35.7 Å². The van der Waals surface area contributed by atoms with E-state index in [2.05, 4.69) is 10.3 Å². The number of aromatic nitrogens is 1. The van der Waals surface area contributed by atoms with Crippen LogP contribution in [-0.4, -0.2) is 46.3 Å². The third-order valence-corrected chi connectivity index (χ3v) is 5.80. The van der Waals surface area contributed by atoms with Gasteiger partial charge in [-0.25, -0.2) is 4.98 Å². The van der Waals surface area contributed by atoms with Crippen LogP contribution in [0.15, 0.2) is 23.6 Å². The van der Waals surface area contributed by atoms with Crippen LogP contribution in [0.5, 0.6) is 0 Å². The van der Waals surface area contributed by atoms with Crippen LogP contribution in [-0.2, 0) is 6.54 Å². The number of hydrogen-bond donors (Lipinski definition) is 2.